The lowest BCUT2D eigenvalue weighted by molar-refractivity contribution is -0.126. The summed E-state index contributed by atoms with van der Waals surface area (Å²) in [5.74, 6) is 0.265. The second kappa shape index (κ2) is 6.01. The van der Waals surface area contributed by atoms with Crippen molar-refractivity contribution in [3.63, 3.8) is 0 Å². The molecule has 4 rings (SSSR count). The standard InChI is InChI=1S/C17H19N5O4/c1-20-16(26-2)12-4-3-10(7-13(12)19-20)15(24)21-6-5-11(9-21)22-14(23)8-18-17(22)25/h3-4,7,11H,5-6,8-9H2,1-2H3,(H,18,25). The van der Waals surface area contributed by atoms with Gasteiger partial charge in [0.25, 0.3) is 5.91 Å². The molecule has 0 aliphatic carbocycles. The van der Waals surface area contributed by atoms with E-state index in [4.69, 9.17) is 4.74 Å². The fourth-order valence-corrected chi connectivity index (χ4v) is 3.68. The highest BCUT2D eigenvalue weighted by Crippen LogP contribution is 2.27. The molecule has 9 nitrogen and oxygen atoms in total. The molecule has 4 amide bonds. The highest BCUT2D eigenvalue weighted by molar-refractivity contribution is 6.03. The summed E-state index contributed by atoms with van der Waals surface area (Å²) < 4.78 is 6.95. The van der Waals surface area contributed by atoms with Crippen molar-refractivity contribution >= 4 is 28.7 Å². The SMILES string of the molecule is COc1c2ccc(C(=O)N3CCC(N4C(=O)CNC4=O)C3)cc2nn1C. The van der Waals surface area contributed by atoms with E-state index in [0.717, 1.165) is 5.39 Å². The quantitative estimate of drug-likeness (QED) is 0.800. The third kappa shape index (κ3) is 2.47. The van der Waals surface area contributed by atoms with Crippen LogP contribution in [-0.4, -0.2) is 70.2 Å². The Kier molecular flexibility index (Phi) is 3.78. The first-order chi connectivity index (χ1) is 12.5. The fraction of sp³-hybridized carbons (Fsp3) is 0.412. The Labute approximate surface area is 149 Å². The average Bonchev–Trinajstić information content (AvgIpc) is 3.30. The molecule has 3 heterocycles. The molecule has 1 atom stereocenters. The molecule has 1 aromatic carbocycles. The maximum absolute atomic E-state index is 12.8. The molecule has 2 aliphatic heterocycles. The second-order valence-corrected chi connectivity index (χ2v) is 6.48. The molecule has 26 heavy (non-hydrogen) atoms. The highest BCUT2D eigenvalue weighted by Gasteiger charge is 2.39. The molecule has 9 heteroatoms. The van der Waals surface area contributed by atoms with Crippen molar-refractivity contribution in [2.45, 2.75) is 12.5 Å². The van der Waals surface area contributed by atoms with Gasteiger partial charge in [-0.15, -0.1) is 0 Å². The Hall–Kier alpha value is -3.10. The molecule has 0 radical (unpaired) electrons. The number of amides is 4. The molecule has 2 aromatic rings. The van der Waals surface area contributed by atoms with E-state index in [9.17, 15) is 14.4 Å². The van der Waals surface area contributed by atoms with Gasteiger partial charge in [-0.25, -0.2) is 9.48 Å². The number of likely N-dealkylation sites (tertiary alicyclic amines) is 1. The topological polar surface area (TPSA) is 96.8 Å². The zero-order valence-electron chi connectivity index (χ0n) is 14.6. The predicted octanol–water partition coefficient (Wildman–Crippen LogP) is 0.348. The highest BCUT2D eigenvalue weighted by atomic mass is 16.5. The maximum Gasteiger partial charge on any atom is 0.324 e. The van der Waals surface area contributed by atoms with Gasteiger partial charge in [-0.1, -0.05) is 0 Å². The third-order valence-corrected chi connectivity index (χ3v) is 4.91. The van der Waals surface area contributed by atoms with Crippen LogP contribution in [0.5, 0.6) is 5.88 Å². The van der Waals surface area contributed by atoms with Crippen molar-refractivity contribution in [3.05, 3.63) is 23.8 Å². The van der Waals surface area contributed by atoms with Gasteiger partial charge in [0.15, 0.2) is 0 Å². The van der Waals surface area contributed by atoms with E-state index in [1.165, 1.54) is 4.90 Å². The Morgan fingerprint density at radius 1 is 1.35 bits per heavy atom. The molecule has 0 spiro atoms. The smallest absolute Gasteiger partial charge is 0.324 e. The van der Waals surface area contributed by atoms with Crippen molar-refractivity contribution in [1.29, 1.82) is 0 Å². The Morgan fingerprint density at radius 2 is 2.15 bits per heavy atom. The number of hydrogen-bond acceptors (Lipinski definition) is 5. The molecule has 2 aliphatic rings. The number of hydrogen-bond donors (Lipinski definition) is 1. The van der Waals surface area contributed by atoms with Crippen LogP contribution in [0.25, 0.3) is 10.9 Å². The molecule has 1 aromatic heterocycles. The fourth-order valence-electron chi connectivity index (χ4n) is 3.68. The van der Waals surface area contributed by atoms with Crippen LogP contribution in [-0.2, 0) is 11.8 Å². The van der Waals surface area contributed by atoms with Crippen LogP contribution in [0.2, 0.25) is 0 Å². The van der Waals surface area contributed by atoms with Crippen LogP contribution in [0.1, 0.15) is 16.8 Å². The number of nitrogens with one attached hydrogen (secondary N) is 1. The average molecular weight is 357 g/mol. The van der Waals surface area contributed by atoms with Crippen molar-refractivity contribution in [2.75, 3.05) is 26.7 Å². The summed E-state index contributed by atoms with van der Waals surface area (Å²) in [4.78, 5) is 39.4. The number of ether oxygens (including phenoxy) is 1. The van der Waals surface area contributed by atoms with Gasteiger partial charge in [0.2, 0.25) is 11.8 Å². The summed E-state index contributed by atoms with van der Waals surface area (Å²) in [6.45, 7) is 0.882. The van der Waals surface area contributed by atoms with Crippen LogP contribution >= 0.6 is 0 Å². The van der Waals surface area contributed by atoms with Gasteiger partial charge in [0, 0.05) is 25.7 Å². The zero-order chi connectivity index (χ0) is 18.4. The van der Waals surface area contributed by atoms with Gasteiger partial charge >= 0.3 is 6.03 Å². The number of carbonyl (C=O) groups excluding carboxylic acids is 3. The number of methoxy groups -OCH3 is 1. The van der Waals surface area contributed by atoms with E-state index in [2.05, 4.69) is 10.4 Å². The summed E-state index contributed by atoms with van der Waals surface area (Å²) in [6.07, 6.45) is 0.588. The molecule has 136 valence electrons. The predicted molar refractivity (Wildman–Crippen MR) is 91.8 cm³/mol. The van der Waals surface area contributed by atoms with E-state index in [1.807, 2.05) is 6.07 Å². The molecular weight excluding hydrogens is 338 g/mol. The molecule has 0 bridgehead atoms. The van der Waals surface area contributed by atoms with Crippen LogP contribution in [0, 0.1) is 0 Å². The van der Waals surface area contributed by atoms with E-state index in [-0.39, 0.29) is 30.4 Å². The van der Waals surface area contributed by atoms with Gasteiger partial charge in [-0.2, -0.15) is 5.10 Å². The lowest BCUT2D eigenvalue weighted by Gasteiger charge is -2.21. The number of aromatic nitrogens is 2. The number of rotatable bonds is 3. The van der Waals surface area contributed by atoms with Gasteiger partial charge in [0.1, 0.15) is 0 Å². The number of carbonyl (C=O) groups is 3. The van der Waals surface area contributed by atoms with Crippen molar-refractivity contribution < 1.29 is 19.1 Å². The normalized spacial score (nSPS) is 20.2. The Morgan fingerprint density at radius 3 is 2.85 bits per heavy atom. The number of benzene rings is 1. The summed E-state index contributed by atoms with van der Waals surface area (Å²) in [5.41, 5.74) is 1.20. The minimum Gasteiger partial charge on any atom is -0.481 e. The molecule has 2 fully saturated rings. The minimum absolute atomic E-state index is 0.0292. The molecule has 0 saturated carbocycles. The van der Waals surface area contributed by atoms with Crippen molar-refractivity contribution in [2.24, 2.45) is 7.05 Å². The molecule has 1 unspecified atom stereocenters. The molecule has 1 N–H and O–H groups in total. The van der Waals surface area contributed by atoms with Crippen LogP contribution in [0.4, 0.5) is 4.79 Å². The van der Waals surface area contributed by atoms with E-state index in [0.29, 0.717) is 36.5 Å². The largest absolute Gasteiger partial charge is 0.481 e. The van der Waals surface area contributed by atoms with Crippen LogP contribution < -0.4 is 10.1 Å². The Bertz CT molecular complexity index is 905. The first-order valence-electron chi connectivity index (χ1n) is 8.39. The van der Waals surface area contributed by atoms with Crippen molar-refractivity contribution in [1.82, 2.24) is 24.9 Å². The minimum atomic E-state index is -0.378. The summed E-state index contributed by atoms with van der Waals surface area (Å²) >= 11 is 0. The maximum atomic E-state index is 12.8. The number of imide groups is 1. The van der Waals surface area contributed by atoms with Gasteiger partial charge in [0.05, 0.1) is 30.6 Å². The molecule has 2 saturated heterocycles. The van der Waals surface area contributed by atoms with E-state index < -0.39 is 0 Å². The summed E-state index contributed by atoms with van der Waals surface area (Å²) in [7, 11) is 3.36. The van der Waals surface area contributed by atoms with Crippen LogP contribution in [0.3, 0.4) is 0 Å². The first kappa shape index (κ1) is 16.4. The van der Waals surface area contributed by atoms with Gasteiger partial charge in [-0.05, 0) is 24.6 Å². The number of aryl methyl sites for hydroxylation is 1. The van der Waals surface area contributed by atoms with Crippen molar-refractivity contribution in [3.8, 4) is 5.88 Å². The lowest BCUT2D eigenvalue weighted by atomic mass is 10.1. The molecular formula is C17H19N5O4. The van der Waals surface area contributed by atoms with Crippen LogP contribution in [0.15, 0.2) is 18.2 Å². The zero-order valence-corrected chi connectivity index (χ0v) is 14.6. The number of urea groups is 1. The summed E-state index contributed by atoms with van der Waals surface area (Å²) in [5, 5.41) is 7.72. The number of nitrogens with zero attached hydrogens (tertiary/aromatic N) is 4. The number of fused-ring (bicyclic) bond motifs is 1. The first-order valence-corrected chi connectivity index (χ1v) is 8.39. The van der Waals surface area contributed by atoms with Gasteiger partial charge in [-0.3, -0.25) is 14.5 Å². The lowest BCUT2D eigenvalue weighted by Crippen LogP contribution is -2.42. The Balaban J connectivity index is 1.54. The second-order valence-electron chi connectivity index (χ2n) is 6.48. The monoisotopic (exact) mass is 357 g/mol. The van der Waals surface area contributed by atoms with E-state index in [1.54, 1.807) is 35.9 Å². The van der Waals surface area contributed by atoms with E-state index >= 15 is 0 Å². The van der Waals surface area contributed by atoms with Gasteiger partial charge < -0.3 is 15.0 Å². The summed E-state index contributed by atoms with van der Waals surface area (Å²) in [6, 6.07) is 4.65. The third-order valence-electron chi connectivity index (χ3n) is 4.91.